The molecule has 1 aliphatic heterocycles. The Bertz CT molecular complexity index is 658. The van der Waals surface area contributed by atoms with Gasteiger partial charge in [0.05, 0.1) is 0 Å². The zero-order valence-corrected chi connectivity index (χ0v) is 11.8. The highest BCUT2D eigenvalue weighted by atomic mass is 16.2. The Labute approximate surface area is 118 Å². The van der Waals surface area contributed by atoms with Gasteiger partial charge in [0.2, 0.25) is 0 Å². The van der Waals surface area contributed by atoms with Crippen molar-refractivity contribution in [2.24, 2.45) is 11.8 Å². The van der Waals surface area contributed by atoms with Gasteiger partial charge >= 0.3 is 0 Å². The summed E-state index contributed by atoms with van der Waals surface area (Å²) in [6, 6.07) is 9.58. The van der Waals surface area contributed by atoms with E-state index in [1.54, 1.807) is 0 Å². The minimum atomic E-state index is -0.0151. The number of carbonyl (C=O) groups is 1. The minimum Gasteiger partial charge on any atom is -0.383 e. The molecule has 2 aromatic rings. The Kier molecular flexibility index (Phi) is 3.08. The van der Waals surface area contributed by atoms with E-state index in [0.717, 1.165) is 23.9 Å². The summed E-state index contributed by atoms with van der Waals surface area (Å²) in [5, 5.41) is 1.86. The molecule has 0 saturated carbocycles. The van der Waals surface area contributed by atoms with E-state index < -0.39 is 0 Å². The Balaban J connectivity index is 1.96. The highest BCUT2D eigenvalue weighted by Gasteiger charge is 2.30. The predicted molar refractivity (Wildman–Crippen MR) is 80.4 cm³/mol. The van der Waals surface area contributed by atoms with Crippen LogP contribution in [0.25, 0.3) is 10.8 Å². The van der Waals surface area contributed by atoms with E-state index in [1.165, 1.54) is 0 Å². The fraction of sp³-hybridized carbons (Fsp3) is 0.375. The molecular weight excluding hydrogens is 250 g/mol. The quantitative estimate of drug-likeness (QED) is 0.865. The summed E-state index contributed by atoms with van der Waals surface area (Å²) >= 11 is 0. The number of hydrogen-bond acceptors (Lipinski definition) is 3. The highest BCUT2D eigenvalue weighted by molar-refractivity contribution is 5.99. The van der Waals surface area contributed by atoms with Crippen molar-refractivity contribution in [3.05, 3.63) is 36.0 Å². The number of anilines is 1. The van der Waals surface area contributed by atoms with Gasteiger partial charge in [-0.25, -0.2) is 4.98 Å². The van der Waals surface area contributed by atoms with E-state index >= 15 is 0 Å². The van der Waals surface area contributed by atoms with Gasteiger partial charge in [-0.3, -0.25) is 4.79 Å². The van der Waals surface area contributed by atoms with Gasteiger partial charge in [-0.2, -0.15) is 0 Å². The van der Waals surface area contributed by atoms with Crippen molar-refractivity contribution in [3.63, 3.8) is 0 Å². The average molecular weight is 269 g/mol. The van der Waals surface area contributed by atoms with Crippen molar-refractivity contribution in [1.29, 1.82) is 0 Å². The average Bonchev–Trinajstić information content (AvgIpc) is 2.78. The number of hydrogen-bond donors (Lipinski definition) is 1. The molecule has 2 atom stereocenters. The fourth-order valence-electron chi connectivity index (χ4n) is 2.79. The van der Waals surface area contributed by atoms with E-state index in [1.807, 2.05) is 35.2 Å². The van der Waals surface area contributed by atoms with Gasteiger partial charge in [-0.05, 0) is 23.3 Å². The van der Waals surface area contributed by atoms with E-state index in [4.69, 9.17) is 5.73 Å². The monoisotopic (exact) mass is 269 g/mol. The predicted octanol–water partition coefficient (Wildman–Crippen LogP) is 2.55. The summed E-state index contributed by atoms with van der Waals surface area (Å²) in [5.74, 6) is 1.49. The number of amides is 1. The van der Waals surface area contributed by atoms with Crippen molar-refractivity contribution >= 4 is 22.5 Å². The molecule has 1 aliphatic rings. The van der Waals surface area contributed by atoms with Crippen LogP contribution in [0.15, 0.2) is 30.3 Å². The largest absolute Gasteiger partial charge is 0.383 e. The van der Waals surface area contributed by atoms with Crippen molar-refractivity contribution in [2.45, 2.75) is 13.8 Å². The maximum Gasteiger partial charge on any atom is 0.272 e. The van der Waals surface area contributed by atoms with E-state index in [0.29, 0.717) is 23.3 Å². The summed E-state index contributed by atoms with van der Waals surface area (Å²) in [7, 11) is 0. The molecule has 0 bridgehead atoms. The third kappa shape index (κ3) is 2.11. The Morgan fingerprint density at radius 2 is 1.90 bits per heavy atom. The molecule has 0 spiro atoms. The lowest BCUT2D eigenvalue weighted by Crippen LogP contribution is -2.29. The van der Waals surface area contributed by atoms with Crippen LogP contribution in [0.2, 0.25) is 0 Å². The van der Waals surface area contributed by atoms with Crippen LogP contribution in [0.3, 0.4) is 0 Å². The number of likely N-dealkylation sites (tertiary alicyclic amines) is 1. The third-order valence-electron chi connectivity index (χ3n) is 4.26. The van der Waals surface area contributed by atoms with Crippen molar-refractivity contribution in [2.75, 3.05) is 18.8 Å². The van der Waals surface area contributed by atoms with Crippen LogP contribution in [0, 0.1) is 11.8 Å². The molecule has 1 fully saturated rings. The molecule has 1 amide bonds. The van der Waals surface area contributed by atoms with Crippen LogP contribution < -0.4 is 5.73 Å². The van der Waals surface area contributed by atoms with E-state index in [2.05, 4.69) is 18.8 Å². The molecule has 4 nitrogen and oxygen atoms in total. The number of benzene rings is 1. The zero-order valence-electron chi connectivity index (χ0n) is 11.8. The minimum absolute atomic E-state index is 0.0151. The van der Waals surface area contributed by atoms with Crippen LogP contribution in [0.1, 0.15) is 24.3 Å². The molecule has 0 radical (unpaired) electrons. The molecule has 2 heterocycles. The molecule has 1 saturated heterocycles. The number of pyridine rings is 1. The lowest BCUT2D eigenvalue weighted by molar-refractivity contribution is 0.0779. The molecule has 0 aliphatic carbocycles. The standard InChI is InChI=1S/C16H19N3O/c1-10-8-19(9-11(10)2)16(20)14-7-12-5-3-4-6-13(12)15(17)18-14/h3-7,10-11H,8-9H2,1-2H3,(H2,17,18). The van der Waals surface area contributed by atoms with Crippen molar-refractivity contribution in [3.8, 4) is 0 Å². The third-order valence-corrected chi connectivity index (χ3v) is 4.26. The first-order valence-corrected chi connectivity index (χ1v) is 7.01. The first kappa shape index (κ1) is 12.9. The molecule has 2 unspecified atom stereocenters. The smallest absolute Gasteiger partial charge is 0.272 e. The molecule has 1 aromatic carbocycles. The molecule has 104 valence electrons. The van der Waals surface area contributed by atoms with Crippen LogP contribution >= 0.6 is 0 Å². The molecular formula is C16H19N3O. The number of nitrogens with two attached hydrogens (primary N) is 1. The Morgan fingerprint density at radius 1 is 1.25 bits per heavy atom. The number of fused-ring (bicyclic) bond motifs is 1. The molecule has 4 heteroatoms. The van der Waals surface area contributed by atoms with Crippen LogP contribution in [-0.4, -0.2) is 28.9 Å². The number of carbonyl (C=O) groups excluding carboxylic acids is 1. The Hall–Kier alpha value is -2.10. The lowest BCUT2D eigenvalue weighted by atomic mass is 10.0. The maximum atomic E-state index is 12.5. The fourth-order valence-corrected chi connectivity index (χ4v) is 2.79. The maximum absolute atomic E-state index is 12.5. The molecule has 3 rings (SSSR count). The summed E-state index contributed by atoms with van der Waals surface area (Å²) in [5.41, 5.74) is 6.41. The van der Waals surface area contributed by atoms with Gasteiger partial charge in [-0.1, -0.05) is 38.1 Å². The van der Waals surface area contributed by atoms with Gasteiger partial charge in [0.1, 0.15) is 11.5 Å². The number of aromatic nitrogens is 1. The summed E-state index contributed by atoms with van der Waals surface area (Å²) in [6.45, 7) is 5.96. The summed E-state index contributed by atoms with van der Waals surface area (Å²) in [6.07, 6.45) is 0. The van der Waals surface area contributed by atoms with Gasteiger partial charge in [0, 0.05) is 18.5 Å². The molecule has 1 aromatic heterocycles. The number of rotatable bonds is 1. The number of nitrogens with zero attached hydrogens (tertiary/aromatic N) is 2. The molecule has 20 heavy (non-hydrogen) atoms. The Morgan fingerprint density at radius 3 is 2.60 bits per heavy atom. The van der Waals surface area contributed by atoms with Crippen molar-refractivity contribution in [1.82, 2.24) is 9.88 Å². The zero-order chi connectivity index (χ0) is 14.3. The number of nitrogen functional groups attached to an aromatic ring is 1. The van der Waals surface area contributed by atoms with Crippen LogP contribution in [0.5, 0.6) is 0 Å². The van der Waals surface area contributed by atoms with E-state index in [-0.39, 0.29) is 5.91 Å². The second-order valence-corrected chi connectivity index (χ2v) is 5.78. The first-order chi connectivity index (χ1) is 9.56. The second kappa shape index (κ2) is 4.78. The van der Waals surface area contributed by atoms with Crippen LogP contribution in [0.4, 0.5) is 5.82 Å². The topological polar surface area (TPSA) is 59.2 Å². The van der Waals surface area contributed by atoms with Gasteiger partial charge < -0.3 is 10.6 Å². The van der Waals surface area contributed by atoms with E-state index in [9.17, 15) is 4.79 Å². The summed E-state index contributed by atoms with van der Waals surface area (Å²) < 4.78 is 0. The van der Waals surface area contributed by atoms with Crippen molar-refractivity contribution < 1.29 is 4.79 Å². The van der Waals surface area contributed by atoms with Gasteiger partial charge in [0.15, 0.2) is 0 Å². The SMILES string of the molecule is CC1CN(C(=O)c2cc3ccccc3c(N)n2)CC1C. The highest BCUT2D eigenvalue weighted by Crippen LogP contribution is 2.25. The summed E-state index contributed by atoms with van der Waals surface area (Å²) in [4.78, 5) is 18.7. The second-order valence-electron chi connectivity index (χ2n) is 5.78. The first-order valence-electron chi connectivity index (χ1n) is 7.01. The lowest BCUT2D eigenvalue weighted by Gasteiger charge is -2.16. The van der Waals surface area contributed by atoms with Crippen LogP contribution in [-0.2, 0) is 0 Å². The van der Waals surface area contributed by atoms with Gasteiger partial charge in [-0.15, -0.1) is 0 Å². The normalized spacial score (nSPS) is 22.4. The molecule has 2 N–H and O–H groups in total. The van der Waals surface area contributed by atoms with Gasteiger partial charge in [0.25, 0.3) is 5.91 Å².